The third-order valence-electron chi connectivity index (χ3n) is 4.69. The van der Waals surface area contributed by atoms with Gasteiger partial charge < -0.3 is 10.2 Å². The third-order valence-corrected chi connectivity index (χ3v) is 6.28. The molecule has 1 N–H and O–H groups in total. The zero-order valence-corrected chi connectivity index (χ0v) is 13.8. The fraction of sp³-hybridized carbons (Fsp3) is 1.00. The second-order valence-electron chi connectivity index (χ2n) is 5.88. The molecule has 1 saturated heterocycles. The third kappa shape index (κ3) is 4.43. The maximum atomic E-state index is 3.83. The lowest BCUT2D eigenvalue weighted by molar-refractivity contribution is 0.160. The Hall–Kier alpha value is 0.270. The van der Waals surface area contributed by atoms with Crippen LogP contribution in [0.2, 0.25) is 0 Å². The fourth-order valence-electron chi connectivity index (χ4n) is 2.81. The molecule has 1 rings (SSSR count). The van der Waals surface area contributed by atoms with E-state index in [1.54, 1.807) is 0 Å². The molecule has 2 nitrogen and oxygen atoms in total. The maximum Gasteiger partial charge on any atom is 0.0276 e. The van der Waals surface area contributed by atoms with Crippen LogP contribution in [0, 0.1) is 0 Å². The van der Waals surface area contributed by atoms with Gasteiger partial charge in [-0.2, -0.15) is 11.8 Å². The van der Waals surface area contributed by atoms with Gasteiger partial charge in [0.05, 0.1) is 0 Å². The van der Waals surface area contributed by atoms with Gasteiger partial charge in [-0.25, -0.2) is 0 Å². The lowest BCUT2D eigenvalue weighted by atomic mass is 9.99. The molecule has 1 heterocycles. The summed E-state index contributed by atoms with van der Waals surface area (Å²) in [6.07, 6.45) is 7.42. The summed E-state index contributed by atoms with van der Waals surface area (Å²) in [7, 11) is 0. The fourth-order valence-corrected chi connectivity index (χ4v) is 3.62. The van der Waals surface area contributed by atoms with Crippen molar-refractivity contribution in [3.63, 3.8) is 0 Å². The van der Waals surface area contributed by atoms with Crippen LogP contribution in [-0.4, -0.2) is 47.6 Å². The Morgan fingerprint density at radius 2 is 1.78 bits per heavy atom. The highest BCUT2D eigenvalue weighted by atomic mass is 32.2. The molecule has 0 aromatic carbocycles. The molecule has 3 heteroatoms. The average molecular weight is 273 g/mol. The number of piperidine rings is 1. The van der Waals surface area contributed by atoms with Gasteiger partial charge in [-0.3, -0.25) is 0 Å². The normalized spacial score (nSPS) is 19.7. The van der Waals surface area contributed by atoms with Gasteiger partial charge in [0, 0.05) is 23.4 Å². The van der Waals surface area contributed by atoms with Crippen molar-refractivity contribution in [1.29, 1.82) is 0 Å². The minimum absolute atomic E-state index is 0.454. The number of thioether (sulfide) groups is 1. The van der Waals surface area contributed by atoms with Crippen molar-refractivity contribution < 1.29 is 0 Å². The second-order valence-corrected chi connectivity index (χ2v) is 7.15. The van der Waals surface area contributed by atoms with Crippen LogP contribution in [-0.2, 0) is 0 Å². The lowest BCUT2D eigenvalue weighted by Crippen LogP contribution is -2.48. The predicted molar refractivity (Wildman–Crippen MR) is 84.6 cm³/mol. The minimum atomic E-state index is 0.454. The molecular weight excluding hydrogens is 240 g/mol. The SMILES string of the molecule is CCC(CC)(CNC1CCN(C(C)C)CC1)SC. The molecular formula is C15H32N2S. The summed E-state index contributed by atoms with van der Waals surface area (Å²) >= 11 is 2.04. The van der Waals surface area contributed by atoms with Crippen LogP contribution in [0.1, 0.15) is 53.4 Å². The number of nitrogens with one attached hydrogen (secondary N) is 1. The van der Waals surface area contributed by atoms with Gasteiger partial charge in [-0.05, 0) is 58.9 Å². The highest BCUT2D eigenvalue weighted by Crippen LogP contribution is 2.30. The van der Waals surface area contributed by atoms with Crippen LogP contribution < -0.4 is 5.32 Å². The van der Waals surface area contributed by atoms with Crippen LogP contribution in [0.4, 0.5) is 0 Å². The van der Waals surface area contributed by atoms with Gasteiger partial charge in [-0.1, -0.05) is 13.8 Å². The van der Waals surface area contributed by atoms with E-state index in [2.05, 4.69) is 44.2 Å². The van der Waals surface area contributed by atoms with Crippen LogP contribution in [0.25, 0.3) is 0 Å². The van der Waals surface area contributed by atoms with Crippen molar-refractivity contribution >= 4 is 11.8 Å². The van der Waals surface area contributed by atoms with Crippen molar-refractivity contribution in [2.45, 2.75) is 70.2 Å². The van der Waals surface area contributed by atoms with Crippen LogP contribution in [0.5, 0.6) is 0 Å². The first-order valence-electron chi connectivity index (χ1n) is 7.59. The zero-order valence-electron chi connectivity index (χ0n) is 13.0. The van der Waals surface area contributed by atoms with Gasteiger partial charge in [0.2, 0.25) is 0 Å². The van der Waals surface area contributed by atoms with Gasteiger partial charge in [0.15, 0.2) is 0 Å². The molecule has 0 aromatic rings. The van der Waals surface area contributed by atoms with Gasteiger partial charge in [-0.15, -0.1) is 0 Å². The summed E-state index contributed by atoms with van der Waals surface area (Å²) in [5.74, 6) is 0. The van der Waals surface area contributed by atoms with Gasteiger partial charge in [0.1, 0.15) is 0 Å². The standard InChI is InChI=1S/C15H32N2S/c1-6-15(7-2,18-5)12-16-14-8-10-17(11-9-14)13(3)4/h13-14,16H,6-12H2,1-5H3. The number of likely N-dealkylation sites (tertiary alicyclic amines) is 1. The van der Waals surface area contributed by atoms with Gasteiger partial charge in [0.25, 0.3) is 0 Å². The number of rotatable bonds is 7. The van der Waals surface area contributed by atoms with Crippen molar-refractivity contribution in [2.75, 3.05) is 25.9 Å². The summed E-state index contributed by atoms with van der Waals surface area (Å²) in [5, 5.41) is 3.83. The van der Waals surface area contributed by atoms with E-state index in [4.69, 9.17) is 0 Å². The zero-order chi connectivity index (χ0) is 13.6. The van der Waals surface area contributed by atoms with Crippen molar-refractivity contribution in [1.82, 2.24) is 10.2 Å². The molecule has 0 saturated carbocycles. The molecule has 1 aliphatic rings. The summed E-state index contributed by atoms with van der Waals surface area (Å²) in [6, 6.07) is 1.45. The van der Waals surface area contributed by atoms with E-state index in [1.807, 2.05) is 11.8 Å². The van der Waals surface area contributed by atoms with E-state index in [0.717, 1.165) is 6.04 Å². The smallest absolute Gasteiger partial charge is 0.0276 e. The van der Waals surface area contributed by atoms with Crippen molar-refractivity contribution in [3.8, 4) is 0 Å². The molecule has 0 aliphatic carbocycles. The first-order valence-corrected chi connectivity index (χ1v) is 8.82. The Kier molecular flexibility index (Phi) is 7.04. The van der Waals surface area contributed by atoms with E-state index < -0.39 is 0 Å². The molecule has 0 aromatic heterocycles. The molecule has 0 spiro atoms. The number of hydrogen-bond acceptors (Lipinski definition) is 3. The maximum absolute atomic E-state index is 3.83. The van der Waals surface area contributed by atoms with Crippen LogP contribution in [0.15, 0.2) is 0 Å². The first-order chi connectivity index (χ1) is 8.56. The number of hydrogen-bond donors (Lipinski definition) is 1. The number of nitrogens with zero attached hydrogens (tertiary/aromatic N) is 1. The van der Waals surface area contributed by atoms with Crippen molar-refractivity contribution in [2.24, 2.45) is 0 Å². The van der Waals surface area contributed by atoms with Gasteiger partial charge >= 0.3 is 0 Å². The minimum Gasteiger partial charge on any atom is -0.313 e. The lowest BCUT2D eigenvalue weighted by Gasteiger charge is -2.37. The highest BCUT2D eigenvalue weighted by Gasteiger charge is 2.27. The predicted octanol–water partition coefficient (Wildman–Crippen LogP) is 3.37. The quantitative estimate of drug-likeness (QED) is 0.765. The molecule has 0 bridgehead atoms. The van der Waals surface area contributed by atoms with E-state index in [0.29, 0.717) is 10.8 Å². The molecule has 1 fully saturated rings. The summed E-state index contributed by atoms with van der Waals surface area (Å²) < 4.78 is 0.454. The molecule has 1 aliphatic heterocycles. The monoisotopic (exact) mass is 272 g/mol. The molecule has 0 radical (unpaired) electrons. The first kappa shape index (κ1) is 16.3. The van der Waals surface area contributed by atoms with Crippen LogP contribution in [0.3, 0.4) is 0 Å². The summed E-state index contributed by atoms with van der Waals surface area (Å²) in [4.78, 5) is 2.60. The van der Waals surface area contributed by atoms with Crippen molar-refractivity contribution in [3.05, 3.63) is 0 Å². The Morgan fingerprint density at radius 3 is 2.17 bits per heavy atom. The van der Waals surface area contributed by atoms with Crippen LogP contribution >= 0.6 is 11.8 Å². The Bertz CT molecular complexity index is 210. The Morgan fingerprint density at radius 1 is 1.22 bits per heavy atom. The summed E-state index contributed by atoms with van der Waals surface area (Å²) in [6.45, 7) is 13.0. The molecule has 18 heavy (non-hydrogen) atoms. The molecule has 0 atom stereocenters. The molecule has 108 valence electrons. The average Bonchev–Trinajstić information content (AvgIpc) is 2.41. The highest BCUT2D eigenvalue weighted by molar-refractivity contribution is 8.00. The largest absolute Gasteiger partial charge is 0.313 e. The Labute approximate surface area is 118 Å². The van der Waals surface area contributed by atoms with E-state index in [9.17, 15) is 0 Å². The van der Waals surface area contributed by atoms with E-state index >= 15 is 0 Å². The topological polar surface area (TPSA) is 15.3 Å². The molecule has 0 unspecified atom stereocenters. The molecule has 0 amide bonds. The second kappa shape index (κ2) is 7.76. The van der Waals surface area contributed by atoms with E-state index in [-0.39, 0.29) is 0 Å². The summed E-state index contributed by atoms with van der Waals surface area (Å²) in [5.41, 5.74) is 0. The van der Waals surface area contributed by atoms with E-state index in [1.165, 1.54) is 45.3 Å². The Balaban J connectivity index is 2.33.